The van der Waals surface area contributed by atoms with Gasteiger partial charge in [-0.3, -0.25) is 14.9 Å². The number of hydrogen-bond donors (Lipinski definition) is 2. The molecule has 1 heterocycles. The van der Waals surface area contributed by atoms with Gasteiger partial charge in [0.25, 0.3) is 5.88 Å². The maximum Gasteiger partial charge on any atom is 0.395 e. The highest BCUT2D eigenvalue weighted by Gasteiger charge is 2.21. The first-order chi connectivity index (χ1) is 16.2. The summed E-state index contributed by atoms with van der Waals surface area (Å²) in [5.41, 5.74) is 0.299. The third-order valence-corrected chi connectivity index (χ3v) is 5.61. The number of nitrogens with zero attached hydrogens (tertiary/aromatic N) is 3. The number of aromatic hydroxyl groups is 1. The molecule has 0 radical (unpaired) electrons. The molecule has 0 saturated carbocycles. The Morgan fingerprint density at radius 1 is 1.18 bits per heavy atom. The highest BCUT2D eigenvalue weighted by molar-refractivity contribution is 6.35. The Labute approximate surface area is 205 Å². The summed E-state index contributed by atoms with van der Waals surface area (Å²) in [6.07, 6.45) is 3.04. The standard InChI is InChI=1S/C23H22Cl2N4O5/c1-3-28(4-2)17-9-6-14(7-10-20-26-22(30)21(29(32)33)23(31)27-20)19(12-17)34-13-15-5-8-16(24)11-18(15)25/h5-12H,3-4,13H2,1-2H3,(H2,26,27,30,31)/b10-7-. The Balaban J connectivity index is 1.95. The van der Waals surface area contributed by atoms with Gasteiger partial charge in [0.1, 0.15) is 18.2 Å². The van der Waals surface area contributed by atoms with Crippen LogP contribution in [0.4, 0.5) is 11.4 Å². The Morgan fingerprint density at radius 3 is 2.53 bits per heavy atom. The fraction of sp³-hybridized carbons (Fsp3) is 0.217. The van der Waals surface area contributed by atoms with E-state index in [0.717, 1.165) is 24.3 Å². The second kappa shape index (κ2) is 11.0. The lowest BCUT2D eigenvalue weighted by Crippen LogP contribution is -2.21. The molecule has 0 atom stereocenters. The van der Waals surface area contributed by atoms with E-state index in [-0.39, 0.29) is 12.4 Å². The van der Waals surface area contributed by atoms with Gasteiger partial charge in [-0.15, -0.1) is 0 Å². The zero-order valence-electron chi connectivity index (χ0n) is 18.4. The van der Waals surface area contributed by atoms with E-state index in [4.69, 9.17) is 27.9 Å². The van der Waals surface area contributed by atoms with Gasteiger partial charge in [0.15, 0.2) is 0 Å². The van der Waals surface area contributed by atoms with Crippen molar-refractivity contribution in [2.24, 2.45) is 0 Å². The van der Waals surface area contributed by atoms with Crippen molar-refractivity contribution >= 4 is 46.7 Å². The smallest absolute Gasteiger partial charge is 0.395 e. The van der Waals surface area contributed by atoms with Crippen molar-refractivity contribution in [1.29, 1.82) is 0 Å². The molecule has 0 unspecified atom stereocenters. The molecule has 2 N–H and O–H groups in total. The molecule has 3 aromatic rings. The summed E-state index contributed by atoms with van der Waals surface area (Å²) < 4.78 is 6.07. The minimum atomic E-state index is -1.05. The van der Waals surface area contributed by atoms with Gasteiger partial charge >= 0.3 is 11.2 Å². The molecule has 0 saturated heterocycles. The van der Waals surface area contributed by atoms with Crippen molar-refractivity contribution in [2.75, 3.05) is 18.0 Å². The summed E-state index contributed by atoms with van der Waals surface area (Å²) in [6, 6.07) is 10.8. The number of benzene rings is 2. The number of halogens is 2. The third kappa shape index (κ3) is 5.86. The average Bonchev–Trinajstić information content (AvgIpc) is 2.78. The molecule has 0 aliphatic heterocycles. The molecule has 0 amide bonds. The van der Waals surface area contributed by atoms with Crippen molar-refractivity contribution in [2.45, 2.75) is 20.5 Å². The van der Waals surface area contributed by atoms with Crippen LogP contribution in [0.3, 0.4) is 0 Å². The van der Waals surface area contributed by atoms with Gasteiger partial charge in [0.2, 0.25) is 0 Å². The number of anilines is 1. The number of nitro groups is 1. The molecule has 178 valence electrons. The molecule has 3 rings (SSSR count). The Morgan fingerprint density at radius 2 is 1.91 bits per heavy atom. The molecular weight excluding hydrogens is 483 g/mol. The minimum Gasteiger partial charge on any atom is -0.488 e. The van der Waals surface area contributed by atoms with Crippen molar-refractivity contribution in [3.8, 4) is 11.6 Å². The van der Waals surface area contributed by atoms with Crippen LogP contribution >= 0.6 is 23.2 Å². The van der Waals surface area contributed by atoms with Crippen LogP contribution in [0, 0.1) is 10.1 Å². The van der Waals surface area contributed by atoms with E-state index in [9.17, 15) is 20.0 Å². The first-order valence-corrected chi connectivity index (χ1v) is 11.1. The van der Waals surface area contributed by atoms with Crippen molar-refractivity contribution in [3.05, 3.63) is 83.9 Å². The molecule has 0 aliphatic rings. The second-order valence-corrected chi connectivity index (χ2v) is 7.98. The summed E-state index contributed by atoms with van der Waals surface area (Å²) in [5.74, 6) is -0.466. The molecule has 0 spiro atoms. The minimum absolute atomic E-state index is 0.0485. The highest BCUT2D eigenvalue weighted by atomic mass is 35.5. The number of aromatic amines is 1. The molecule has 2 aromatic carbocycles. The molecule has 1 aromatic heterocycles. The fourth-order valence-corrected chi connectivity index (χ4v) is 3.71. The maximum absolute atomic E-state index is 11.9. The van der Waals surface area contributed by atoms with E-state index in [1.165, 1.54) is 6.08 Å². The predicted molar refractivity (Wildman–Crippen MR) is 133 cm³/mol. The van der Waals surface area contributed by atoms with Gasteiger partial charge in [-0.25, -0.2) is 0 Å². The first-order valence-electron chi connectivity index (χ1n) is 10.3. The van der Waals surface area contributed by atoms with Crippen LogP contribution in [0.15, 0.2) is 41.2 Å². The molecule has 11 heteroatoms. The lowest BCUT2D eigenvalue weighted by molar-refractivity contribution is -0.387. The normalized spacial score (nSPS) is 11.1. The predicted octanol–water partition coefficient (Wildman–Crippen LogP) is 5.29. The Bertz CT molecular complexity index is 1290. The molecular formula is C23H22Cl2N4O5. The second-order valence-electron chi connectivity index (χ2n) is 7.13. The monoisotopic (exact) mass is 504 g/mol. The fourth-order valence-electron chi connectivity index (χ4n) is 3.25. The van der Waals surface area contributed by atoms with E-state index < -0.39 is 22.0 Å². The average molecular weight is 505 g/mol. The van der Waals surface area contributed by atoms with Gasteiger partial charge < -0.3 is 19.7 Å². The third-order valence-electron chi connectivity index (χ3n) is 5.02. The Kier molecular flexibility index (Phi) is 8.14. The summed E-state index contributed by atoms with van der Waals surface area (Å²) in [5, 5.41) is 21.6. The van der Waals surface area contributed by atoms with Crippen LogP contribution in [0.25, 0.3) is 12.2 Å². The quantitative estimate of drug-likeness (QED) is 0.300. The Hall–Kier alpha value is -3.56. The lowest BCUT2D eigenvalue weighted by atomic mass is 10.1. The largest absolute Gasteiger partial charge is 0.488 e. The molecule has 34 heavy (non-hydrogen) atoms. The van der Waals surface area contributed by atoms with Gasteiger partial charge in [-0.2, -0.15) is 4.98 Å². The van der Waals surface area contributed by atoms with Gasteiger partial charge in [-0.1, -0.05) is 29.3 Å². The molecule has 0 bridgehead atoms. The summed E-state index contributed by atoms with van der Waals surface area (Å²) in [4.78, 5) is 29.9. The van der Waals surface area contributed by atoms with Gasteiger partial charge in [-0.05, 0) is 50.3 Å². The van der Waals surface area contributed by atoms with Crippen LogP contribution in [0.2, 0.25) is 10.0 Å². The van der Waals surface area contributed by atoms with E-state index in [0.29, 0.717) is 21.4 Å². The molecule has 0 fully saturated rings. The van der Waals surface area contributed by atoms with Crippen LogP contribution in [0.1, 0.15) is 30.8 Å². The van der Waals surface area contributed by atoms with Crippen LogP contribution < -0.4 is 15.2 Å². The van der Waals surface area contributed by atoms with Gasteiger partial charge in [0, 0.05) is 46.0 Å². The van der Waals surface area contributed by atoms with Gasteiger partial charge in [0.05, 0.1) is 4.92 Å². The number of aromatic nitrogens is 2. The van der Waals surface area contributed by atoms with E-state index in [1.807, 2.05) is 18.2 Å². The number of ether oxygens (including phenoxy) is 1. The maximum atomic E-state index is 11.9. The van der Waals surface area contributed by atoms with Crippen molar-refractivity contribution in [1.82, 2.24) is 9.97 Å². The summed E-state index contributed by atoms with van der Waals surface area (Å²) in [6.45, 7) is 5.90. The number of hydrogen-bond acceptors (Lipinski definition) is 7. The van der Waals surface area contributed by atoms with E-state index in [1.54, 1.807) is 24.3 Å². The van der Waals surface area contributed by atoms with Crippen LogP contribution in [-0.2, 0) is 6.61 Å². The number of H-pyrrole nitrogens is 1. The zero-order chi connectivity index (χ0) is 24.8. The zero-order valence-corrected chi connectivity index (χ0v) is 19.9. The van der Waals surface area contributed by atoms with Crippen molar-refractivity contribution < 1.29 is 14.8 Å². The van der Waals surface area contributed by atoms with Crippen molar-refractivity contribution in [3.63, 3.8) is 0 Å². The SMILES string of the molecule is CCN(CC)c1ccc(/C=C\c2nc(O)c([N+](=O)[O-])c(=O)[nH]2)c(OCc2ccc(Cl)cc2Cl)c1. The number of nitrogens with one attached hydrogen (secondary N) is 1. The first kappa shape index (κ1) is 25.1. The highest BCUT2D eigenvalue weighted by Crippen LogP contribution is 2.30. The van der Waals surface area contributed by atoms with Crippen LogP contribution in [-0.4, -0.2) is 33.1 Å². The lowest BCUT2D eigenvalue weighted by Gasteiger charge is -2.22. The van der Waals surface area contributed by atoms with Crippen LogP contribution in [0.5, 0.6) is 11.6 Å². The molecule has 0 aliphatic carbocycles. The number of rotatable bonds is 9. The summed E-state index contributed by atoms with van der Waals surface area (Å²) in [7, 11) is 0. The molecule has 9 nitrogen and oxygen atoms in total. The topological polar surface area (TPSA) is 122 Å². The van der Waals surface area contributed by atoms with E-state index in [2.05, 4.69) is 28.7 Å². The van der Waals surface area contributed by atoms with E-state index >= 15 is 0 Å². The summed E-state index contributed by atoms with van der Waals surface area (Å²) >= 11 is 12.2.